The minimum atomic E-state index is 0.0497. The number of hydrogen-bond acceptors (Lipinski definition) is 2. The molecule has 1 aromatic heterocycles. The van der Waals surface area contributed by atoms with E-state index in [9.17, 15) is 4.79 Å². The van der Waals surface area contributed by atoms with Crippen LogP contribution in [-0.2, 0) is 18.3 Å². The van der Waals surface area contributed by atoms with Crippen molar-refractivity contribution in [3.05, 3.63) is 28.0 Å². The lowest BCUT2D eigenvalue weighted by molar-refractivity contribution is -0.115. The molecule has 3 nitrogen and oxygen atoms in total. The molecule has 0 spiro atoms. The van der Waals surface area contributed by atoms with Crippen molar-refractivity contribution in [3.63, 3.8) is 0 Å². The van der Waals surface area contributed by atoms with Crippen molar-refractivity contribution < 1.29 is 4.79 Å². The summed E-state index contributed by atoms with van der Waals surface area (Å²) in [6.07, 6.45) is 0.354. The average molecular weight is 257 g/mol. The van der Waals surface area contributed by atoms with Crippen LogP contribution >= 0.6 is 15.9 Å². The van der Waals surface area contributed by atoms with Gasteiger partial charge in [0.2, 0.25) is 0 Å². The Morgan fingerprint density at radius 2 is 2.21 bits per heavy atom. The van der Waals surface area contributed by atoms with Crippen LogP contribution in [0.4, 0.5) is 0 Å². The fourth-order valence-corrected chi connectivity index (χ4v) is 1.65. The first-order chi connectivity index (χ1) is 6.43. The third kappa shape index (κ3) is 2.12. The van der Waals surface area contributed by atoms with Crippen molar-refractivity contribution >= 4 is 21.7 Å². The second-order valence-electron chi connectivity index (χ2n) is 3.35. The SMILES string of the molecule is C=C(C)C(=O)Cc1c(Br)c(C)nn1C. The quantitative estimate of drug-likeness (QED) is 0.778. The Morgan fingerprint density at radius 1 is 1.64 bits per heavy atom. The molecule has 0 radical (unpaired) electrons. The first-order valence-corrected chi connectivity index (χ1v) is 5.09. The fraction of sp³-hybridized carbons (Fsp3) is 0.400. The molecule has 0 aliphatic heterocycles. The molecule has 1 aromatic rings. The number of nitrogens with zero attached hydrogens (tertiary/aromatic N) is 2. The molecule has 0 aliphatic rings. The molecule has 0 aliphatic carbocycles. The molecule has 1 rings (SSSR count). The van der Waals surface area contributed by atoms with Gasteiger partial charge in [0.25, 0.3) is 0 Å². The van der Waals surface area contributed by atoms with Gasteiger partial charge in [-0.1, -0.05) is 6.58 Å². The summed E-state index contributed by atoms with van der Waals surface area (Å²) in [7, 11) is 1.83. The lowest BCUT2D eigenvalue weighted by atomic mass is 10.1. The molecule has 1 heterocycles. The van der Waals surface area contributed by atoms with E-state index in [1.807, 2.05) is 14.0 Å². The molecular weight excluding hydrogens is 244 g/mol. The number of rotatable bonds is 3. The molecule has 4 heteroatoms. The zero-order valence-corrected chi connectivity index (χ0v) is 10.2. The van der Waals surface area contributed by atoms with Crippen molar-refractivity contribution in [3.8, 4) is 0 Å². The Morgan fingerprint density at radius 3 is 2.57 bits per heavy atom. The molecule has 76 valence electrons. The number of allylic oxidation sites excluding steroid dienone is 1. The van der Waals surface area contributed by atoms with Crippen molar-refractivity contribution in [2.24, 2.45) is 7.05 Å². The summed E-state index contributed by atoms with van der Waals surface area (Å²) in [6, 6.07) is 0. The summed E-state index contributed by atoms with van der Waals surface area (Å²) in [5.41, 5.74) is 2.38. The number of Topliss-reactive ketones (excluding diaryl/α,β-unsaturated/α-hetero) is 1. The van der Waals surface area contributed by atoms with Crippen molar-refractivity contribution in [1.82, 2.24) is 9.78 Å². The lowest BCUT2D eigenvalue weighted by Gasteiger charge is -2.01. The van der Waals surface area contributed by atoms with E-state index in [4.69, 9.17) is 0 Å². The third-order valence-electron chi connectivity index (χ3n) is 2.07. The van der Waals surface area contributed by atoms with Crippen LogP contribution in [0, 0.1) is 6.92 Å². The maximum Gasteiger partial charge on any atom is 0.163 e. The largest absolute Gasteiger partial charge is 0.294 e. The van der Waals surface area contributed by atoms with Crippen LogP contribution in [0.1, 0.15) is 18.3 Å². The van der Waals surface area contributed by atoms with Gasteiger partial charge in [-0.25, -0.2) is 0 Å². The maximum atomic E-state index is 11.5. The number of halogens is 1. The fourth-order valence-electron chi connectivity index (χ4n) is 1.18. The average Bonchev–Trinajstić information content (AvgIpc) is 2.32. The summed E-state index contributed by atoms with van der Waals surface area (Å²) in [5.74, 6) is 0.0497. The Bertz CT molecular complexity index is 393. The van der Waals surface area contributed by atoms with E-state index in [-0.39, 0.29) is 5.78 Å². The molecule has 14 heavy (non-hydrogen) atoms. The molecule has 0 saturated carbocycles. The van der Waals surface area contributed by atoms with E-state index in [2.05, 4.69) is 27.6 Å². The van der Waals surface area contributed by atoms with E-state index in [1.54, 1.807) is 11.6 Å². The molecule has 0 amide bonds. The minimum absolute atomic E-state index is 0.0497. The van der Waals surface area contributed by atoms with Gasteiger partial charge in [0.05, 0.1) is 22.3 Å². The van der Waals surface area contributed by atoms with Crippen molar-refractivity contribution in [2.75, 3.05) is 0 Å². The van der Waals surface area contributed by atoms with Crippen LogP contribution < -0.4 is 0 Å². The second kappa shape index (κ2) is 4.09. The van der Waals surface area contributed by atoms with Crippen molar-refractivity contribution in [1.29, 1.82) is 0 Å². The Hall–Kier alpha value is -0.900. The van der Waals surface area contributed by atoms with Crippen LogP contribution in [0.15, 0.2) is 16.6 Å². The highest BCUT2D eigenvalue weighted by Crippen LogP contribution is 2.21. The number of carbonyl (C=O) groups is 1. The normalized spacial score (nSPS) is 10.3. The van der Waals surface area contributed by atoms with Gasteiger partial charge in [0.1, 0.15) is 0 Å². The molecule has 0 atom stereocenters. The Kier molecular flexibility index (Phi) is 3.26. The summed E-state index contributed by atoms with van der Waals surface area (Å²) < 4.78 is 2.63. The monoisotopic (exact) mass is 256 g/mol. The molecule has 0 bridgehead atoms. The van der Waals surface area contributed by atoms with Gasteiger partial charge in [-0.3, -0.25) is 9.48 Å². The maximum absolute atomic E-state index is 11.5. The summed E-state index contributed by atoms with van der Waals surface area (Å²) in [5, 5.41) is 4.21. The van der Waals surface area contributed by atoms with Gasteiger partial charge in [-0.15, -0.1) is 0 Å². The Labute approximate surface area is 91.9 Å². The molecular formula is C10H13BrN2O. The predicted molar refractivity (Wildman–Crippen MR) is 59.2 cm³/mol. The van der Waals surface area contributed by atoms with Gasteiger partial charge in [-0.05, 0) is 35.4 Å². The topological polar surface area (TPSA) is 34.9 Å². The molecule has 0 aromatic carbocycles. The highest BCUT2D eigenvalue weighted by molar-refractivity contribution is 9.10. The molecule has 0 unspecified atom stereocenters. The van der Waals surface area contributed by atoms with E-state index in [0.717, 1.165) is 15.9 Å². The van der Waals surface area contributed by atoms with Crippen LogP contribution in [0.2, 0.25) is 0 Å². The number of ketones is 1. The third-order valence-corrected chi connectivity index (χ3v) is 3.10. The van der Waals surface area contributed by atoms with Gasteiger partial charge >= 0.3 is 0 Å². The molecule has 0 saturated heterocycles. The van der Waals surface area contributed by atoms with Gasteiger partial charge in [0, 0.05) is 7.05 Å². The Balaban J connectivity index is 2.97. The summed E-state index contributed by atoms with van der Waals surface area (Å²) in [4.78, 5) is 11.5. The minimum Gasteiger partial charge on any atom is -0.294 e. The van der Waals surface area contributed by atoms with Crippen molar-refractivity contribution in [2.45, 2.75) is 20.3 Å². The second-order valence-corrected chi connectivity index (χ2v) is 4.14. The highest BCUT2D eigenvalue weighted by atomic mass is 79.9. The van der Waals surface area contributed by atoms with E-state index in [1.165, 1.54) is 0 Å². The molecule has 0 N–H and O–H groups in total. The number of carbonyl (C=O) groups excluding carboxylic acids is 1. The molecule has 0 fully saturated rings. The van der Waals surface area contributed by atoms with E-state index < -0.39 is 0 Å². The smallest absolute Gasteiger partial charge is 0.163 e. The highest BCUT2D eigenvalue weighted by Gasteiger charge is 2.14. The standard InChI is InChI=1S/C10H13BrN2O/c1-6(2)9(14)5-8-10(11)7(3)12-13(8)4/h1,5H2,2-4H3. The number of aryl methyl sites for hydroxylation is 2. The summed E-state index contributed by atoms with van der Waals surface area (Å²) >= 11 is 3.41. The van der Waals surface area contributed by atoms with Crippen LogP contribution in [-0.4, -0.2) is 15.6 Å². The van der Waals surface area contributed by atoms with Crippen LogP contribution in [0.25, 0.3) is 0 Å². The zero-order chi connectivity index (χ0) is 10.9. The van der Waals surface area contributed by atoms with Gasteiger partial charge in [-0.2, -0.15) is 5.10 Å². The van der Waals surface area contributed by atoms with Crippen LogP contribution in [0.3, 0.4) is 0 Å². The zero-order valence-electron chi connectivity index (χ0n) is 8.59. The van der Waals surface area contributed by atoms with E-state index in [0.29, 0.717) is 12.0 Å². The number of aromatic nitrogens is 2. The summed E-state index contributed by atoms with van der Waals surface area (Å²) in [6.45, 7) is 7.25. The first kappa shape index (κ1) is 11.2. The van der Waals surface area contributed by atoms with Gasteiger partial charge in [0.15, 0.2) is 5.78 Å². The van der Waals surface area contributed by atoms with Crippen LogP contribution in [0.5, 0.6) is 0 Å². The van der Waals surface area contributed by atoms with Gasteiger partial charge < -0.3 is 0 Å². The lowest BCUT2D eigenvalue weighted by Crippen LogP contribution is -2.08. The predicted octanol–water partition coefficient (Wildman–Crippen LogP) is 2.18. The number of hydrogen-bond donors (Lipinski definition) is 0. The first-order valence-electron chi connectivity index (χ1n) is 4.30. The van der Waals surface area contributed by atoms with E-state index >= 15 is 0 Å².